The zero-order valence-corrected chi connectivity index (χ0v) is 12.0. The van der Waals surface area contributed by atoms with Crippen LogP contribution in [-0.2, 0) is 6.54 Å². The van der Waals surface area contributed by atoms with E-state index in [0.717, 1.165) is 5.56 Å². The molecule has 2 aromatic rings. The van der Waals surface area contributed by atoms with Crippen molar-refractivity contribution in [2.75, 3.05) is 7.05 Å². The molecule has 0 atom stereocenters. The number of amides is 1. The number of thiophene rings is 1. The molecule has 1 aromatic heterocycles. The molecule has 0 bridgehead atoms. The van der Waals surface area contributed by atoms with Crippen molar-refractivity contribution in [1.29, 1.82) is 0 Å². The van der Waals surface area contributed by atoms with Gasteiger partial charge in [-0.3, -0.25) is 9.59 Å². The molecule has 1 aromatic carbocycles. The third-order valence-electron chi connectivity index (χ3n) is 2.84. The first-order valence-corrected chi connectivity index (χ1v) is 6.89. The first-order chi connectivity index (χ1) is 9.47. The second-order valence-corrected chi connectivity index (χ2v) is 5.59. The van der Waals surface area contributed by atoms with E-state index in [2.05, 4.69) is 0 Å². The molecule has 0 unspecified atom stereocenters. The Morgan fingerprint density at radius 1 is 1.10 bits per heavy atom. The van der Waals surface area contributed by atoms with Crippen LogP contribution in [0.25, 0.3) is 0 Å². The highest BCUT2D eigenvalue weighted by molar-refractivity contribution is 7.15. The zero-order chi connectivity index (χ0) is 14.7. The molecule has 0 aliphatic carbocycles. The number of ketones is 1. The van der Waals surface area contributed by atoms with Crippen LogP contribution in [-0.4, -0.2) is 23.6 Å². The summed E-state index contributed by atoms with van der Waals surface area (Å²) < 4.78 is 12.8. The summed E-state index contributed by atoms with van der Waals surface area (Å²) in [7, 11) is 1.68. The van der Waals surface area contributed by atoms with Crippen LogP contribution in [0.4, 0.5) is 4.39 Å². The van der Waals surface area contributed by atoms with Gasteiger partial charge in [0.05, 0.1) is 9.75 Å². The van der Waals surface area contributed by atoms with Crippen molar-refractivity contribution in [3.05, 3.63) is 57.5 Å². The van der Waals surface area contributed by atoms with Gasteiger partial charge in [-0.05, 0) is 36.8 Å². The molecule has 20 heavy (non-hydrogen) atoms. The average molecular weight is 291 g/mol. The molecule has 0 spiro atoms. The number of rotatable bonds is 4. The molecular formula is C15H14FNO2S. The van der Waals surface area contributed by atoms with Crippen LogP contribution in [0.2, 0.25) is 0 Å². The minimum absolute atomic E-state index is 0.0461. The number of carbonyl (C=O) groups excluding carboxylic acids is 2. The maximum atomic E-state index is 12.8. The predicted molar refractivity (Wildman–Crippen MR) is 76.5 cm³/mol. The maximum absolute atomic E-state index is 12.8. The van der Waals surface area contributed by atoms with E-state index >= 15 is 0 Å². The van der Waals surface area contributed by atoms with Crippen LogP contribution in [0.5, 0.6) is 0 Å². The van der Waals surface area contributed by atoms with E-state index in [1.54, 1.807) is 36.2 Å². The second kappa shape index (κ2) is 5.96. The van der Waals surface area contributed by atoms with Crippen molar-refractivity contribution >= 4 is 23.0 Å². The standard InChI is InChI=1S/C15H14FNO2S/c1-10(18)13-7-8-14(20-13)15(19)17(2)9-11-3-5-12(16)6-4-11/h3-8H,9H2,1-2H3. The summed E-state index contributed by atoms with van der Waals surface area (Å²) in [5, 5.41) is 0. The molecule has 0 fully saturated rings. The first-order valence-electron chi connectivity index (χ1n) is 6.08. The summed E-state index contributed by atoms with van der Waals surface area (Å²) >= 11 is 1.19. The fraction of sp³-hybridized carbons (Fsp3) is 0.200. The highest BCUT2D eigenvalue weighted by Crippen LogP contribution is 2.19. The maximum Gasteiger partial charge on any atom is 0.263 e. The molecule has 0 aliphatic heterocycles. The molecule has 0 N–H and O–H groups in total. The Balaban J connectivity index is 2.07. The van der Waals surface area contributed by atoms with E-state index in [4.69, 9.17) is 0 Å². The van der Waals surface area contributed by atoms with E-state index in [1.165, 1.54) is 30.4 Å². The Morgan fingerprint density at radius 3 is 2.25 bits per heavy atom. The molecule has 5 heteroatoms. The molecule has 0 saturated heterocycles. The topological polar surface area (TPSA) is 37.4 Å². The summed E-state index contributed by atoms with van der Waals surface area (Å²) in [6.07, 6.45) is 0. The van der Waals surface area contributed by atoms with Gasteiger partial charge in [0, 0.05) is 13.6 Å². The highest BCUT2D eigenvalue weighted by Gasteiger charge is 2.15. The Bertz CT molecular complexity index is 634. The van der Waals surface area contributed by atoms with Gasteiger partial charge in [0.15, 0.2) is 5.78 Å². The zero-order valence-electron chi connectivity index (χ0n) is 11.2. The van der Waals surface area contributed by atoms with Crippen LogP contribution in [0.1, 0.15) is 31.8 Å². The third-order valence-corrected chi connectivity index (χ3v) is 4.02. The number of hydrogen-bond donors (Lipinski definition) is 0. The van der Waals surface area contributed by atoms with Gasteiger partial charge in [-0.15, -0.1) is 11.3 Å². The van der Waals surface area contributed by atoms with Gasteiger partial charge in [-0.25, -0.2) is 4.39 Å². The second-order valence-electron chi connectivity index (χ2n) is 4.51. The smallest absolute Gasteiger partial charge is 0.263 e. The van der Waals surface area contributed by atoms with Crippen molar-refractivity contribution in [3.8, 4) is 0 Å². The molecule has 0 saturated carbocycles. The number of hydrogen-bond acceptors (Lipinski definition) is 3. The van der Waals surface area contributed by atoms with Crippen molar-refractivity contribution < 1.29 is 14.0 Å². The van der Waals surface area contributed by atoms with E-state index in [9.17, 15) is 14.0 Å². The Kier molecular flexibility index (Phi) is 4.29. The fourth-order valence-electron chi connectivity index (χ4n) is 1.77. The van der Waals surface area contributed by atoms with E-state index in [1.807, 2.05) is 0 Å². The molecule has 0 radical (unpaired) electrons. The molecule has 2 rings (SSSR count). The molecule has 0 aliphatic rings. The largest absolute Gasteiger partial charge is 0.337 e. The minimum atomic E-state index is -0.299. The lowest BCUT2D eigenvalue weighted by Gasteiger charge is -2.16. The van der Waals surface area contributed by atoms with Crippen molar-refractivity contribution in [3.63, 3.8) is 0 Å². The lowest BCUT2D eigenvalue weighted by atomic mass is 10.2. The Hall–Kier alpha value is -2.01. The number of carbonyl (C=O) groups is 2. The Morgan fingerprint density at radius 2 is 1.70 bits per heavy atom. The lowest BCUT2D eigenvalue weighted by molar-refractivity contribution is 0.0789. The molecule has 3 nitrogen and oxygen atoms in total. The Labute approximate surface area is 120 Å². The van der Waals surface area contributed by atoms with Gasteiger partial charge in [0.25, 0.3) is 5.91 Å². The minimum Gasteiger partial charge on any atom is -0.337 e. The fourth-order valence-corrected chi connectivity index (χ4v) is 2.66. The quantitative estimate of drug-likeness (QED) is 0.810. The first kappa shape index (κ1) is 14.4. The van der Waals surface area contributed by atoms with Crippen molar-refractivity contribution in [2.45, 2.75) is 13.5 Å². The highest BCUT2D eigenvalue weighted by atomic mass is 32.1. The molecule has 104 valence electrons. The normalized spacial score (nSPS) is 10.3. The molecule has 1 heterocycles. The lowest BCUT2D eigenvalue weighted by Crippen LogP contribution is -2.25. The van der Waals surface area contributed by atoms with Gasteiger partial charge < -0.3 is 4.90 Å². The third kappa shape index (κ3) is 3.30. The summed E-state index contributed by atoms with van der Waals surface area (Å²) in [4.78, 5) is 26.1. The van der Waals surface area contributed by atoms with Gasteiger partial charge in [0.2, 0.25) is 0 Å². The van der Waals surface area contributed by atoms with E-state index < -0.39 is 0 Å². The van der Waals surface area contributed by atoms with Crippen LogP contribution >= 0.6 is 11.3 Å². The number of nitrogens with zero attached hydrogens (tertiary/aromatic N) is 1. The van der Waals surface area contributed by atoms with Crippen LogP contribution in [0, 0.1) is 5.82 Å². The summed E-state index contributed by atoms with van der Waals surface area (Å²) in [6.45, 7) is 1.87. The summed E-state index contributed by atoms with van der Waals surface area (Å²) in [6, 6.07) is 9.35. The van der Waals surface area contributed by atoms with Crippen LogP contribution in [0.15, 0.2) is 36.4 Å². The van der Waals surface area contributed by atoms with E-state index in [0.29, 0.717) is 16.3 Å². The van der Waals surface area contributed by atoms with Gasteiger partial charge in [0.1, 0.15) is 5.82 Å². The van der Waals surface area contributed by atoms with Crippen LogP contribution < -0.4 is 0 Å². The van der Waals surface area contributed by atoms with Gasteiger partial charge in [-0.1, -0.05) is 12.1 Å². The molecular weight excluding hydrogens is 277 g/mol. The van der Waals surface area contributed by atoms with Crippen molar-refractivity contribution in [1.82, 2.24) is 4.90 Å². The predicted octanol–water partition coefficient (Wildman–Crippen LogP) is 3.36. The monoisotopic (exact) mass is 291 g/mol. The SMILES string of the molecule is CC(=O)c1ccc(C(=O)N(C)Cc2ccc(F)cc2)s1. The van der Waals surface area contributed by atoms with Crippen molar-refractivity contribution in [2.24, 2.45) is 0 Å². The number of benzene rings is 1. The summed E-state index contributed by atoms with van der Waals surface area (Å²) in [5.74, 6) is -0.492. The van der Waals surface area contributed by atoms with E-state index in [-0.39, 0.29) is 17.5 Å². The summed E-state index contributed by atoms with van der Waals surface area (Å²) in [5.41, 5.74) is 0.852. The molecule has 1 amide bonds. The number of Topliss-reactive ketones (excluding diaryl/α,β-unsaturated/α-hetero) is 1. The number of halogens is 1. The average Bonchev–Trinajstić information content (AvgIpc) is 2.90. The van der Waals surface area contributed by atoms with Crippen LogP contribution in [0.3, 0.4) is 0 Å². The van der Waals surface area contributed by atoms with Gasteiger partial charge in [-0.2, -0.15) is 0 Å². The van der Waals surface area contributed by atoms with Gasteiger partial charge >= 0.3 is 0 Å².